The van der Waals surface area contributed by atoms with Gasteiger partial charge in [-0.15, -0.1) is 0 Å². The lowest BCUT2D eigenvalue weighted by atomic mass is 9.82. The van der Waals surface area contributed by atoms with Gasteiger partial charge in [0, 0.05) is 26.9 Å². The Kier molecular flexibility index (Phi) is 16.3. The van der Waals surface area contributed by atoms with Crippen LogP contribution in [0.1, 0.15) is 105 Å². The molecule has 1 unspecified atom stereocenters. The minimum Gasteiger partial charge on any atom is -0.449 e. The molecular formula is C48H64N4O8. The van der Waals surface area contributed by atoms with Gasteiger partial charge in [0.25, 0.3) is 5.91 Å². The summed E-state index contributed by atoms with van der Waals surface area (Å²) in [5, 5.41) is 3.92. The van der Waals surface area contributed by atoms with E-state index >= 15 is 0 Å². The highest BCUT2D eigenvalue weighted by molar-refractivity contribution is 5.91. The Morgan fingerprint density at radius 3 is 2.17 bits per heavy atom. The van der Waals surface area contributed by atoms with Gasteiger partial charge in [0.15, 0.2) is 6.29 Å². The summed E-state index contributed by atoms with van der Waals surface area (Å²) in [4.78, 5) is 62.5. The molecule has 0 saturated carbocycles. The van der Waals surface area contributed by atoms with Crippen molar-refractivity contribution in [3.8, 4) is 11.1 Å². The molecule has 1 fully saturated rings. The van der Waals surface area contributed by atoms with Crippen LogP contribution >= 0.6 is 0 Å². The Bertz CT molecular complexity index is 1890. The number of hydrogen-bond donors (Lipinski definition) is 3. The van der Waals surface area contributed by atoms with E-state index in [-0.39, 0.29) is 50.8 Å². The normalized spacial score (nSPS) is 17.0. The van der Waals surface area contributed by atoms with Gasteiger partial charge in [-0.1, -0.05) is 119 Å². The van der Waals surface area contributed by atoms with Crippen molar-refractivity contribution in [2.75, 3.05) is 26.4 Å². The third-order valence-electron chi connectivity index (χ3n) is 10.4. The molecule has 12 heteroatoms. The van der Waals surface area contributed by atoms with Crippen LogP contribution in [0.15, 0.2) is 84.9 Å². The lowest BCUT2D eigenvalue weighted by Gasteiger charge is -2.33. The summed E-state index contributed by atoms with van der Waals surface area (Å²) in [6.07, 6.45) is 5.35. The van der Waals surface area contributed by atoms with E-state index in [0.29, 0.717) is 19.4 Å². The molecule has 3 N–H and O–H groups in total. The first kappa shape index (κ1) is 44.5. The SMILES string of the molecule is [2H]CC(C)(C)OC[C@H](NC(=O)OCC1c2ccccc2-c2ccccc21)C(=O)N(CC(C)C)NC(=O)[C@H](CC(C)C)[C@H](C/C=C/c1ccccc1)C(=O)NOC1CCCCO1. The first-order valence-electron chi connectivity index (χ1n) is 21.9. The monoisotopic (exact) mass is 825 g/mol. The van der Waals surface area contributed by atoms with Crippen molar-refractivity contribution >= 4 is 29.9 Å². The molecule has 0 spiro atoms. The number of carbonyl (C=O) groups is 4. The van der Waals surface area contributed by atoms with Crippen LogP contribution in [0.2, 0.25) is 0 Å². The number of ether oxygens (including phenoxy) is 3. The van der Waals surface area contributed by atoms with Crippen molar-refractivity contribution < 1.29 is 39.6 Å². The predicted molar refractivity (Wildman–Crippen MR) is 232 cm³/mol. The van der Waals surface area contributed by atoms with E-state index in [2.05, 4.69) is 16.2 Å². The number of nitrogens with zero attached hydrogens (tertiary/aromatic N) is 1. The molecule has 4 atom stereocenters. The van der Waals surface area contributed by atoms with Crippen LogP contribution < -0.4 is 16.2 Å². The van der Waals surface area contributed by atoms with E-state index in [1.807, 2.05) is 119 Å². The molecule has 1 heterocycles. The van der Waals surface area contributed by atoms with Gasteiger partial charge in [-0.05, 0) is 86.1 Å². The predicted octanol–water partition coefficient (Wildman–Crippen LogP) is 8.18. The standard InChI is InChI=1S/C48H64N4O8/c1-32(2)28-40(39(25-17-20-34-18-9-8-10-19-34)45(54)51-60-43-26-15-16-27-57-43)44(53)50-52(29-33(3)4)46(55)42(31-59-48(5,6)7)49-47(56)58-30-41-37-23-13-11-21-35(37)36-22-12-14-24-38(36)41/h8-14,17-24,32-33,39-43H,15-16,25-31H2,1-7H3,(H,49,56)(H,50,53)(H,51,54)/b20-17+/t39-,40+,42-,43?/m0/s1/i5D. The van der Waals surface area contributed by atoms with Gasteiger partial charge < -0.3 is 19.5 Å². The second kappa shape index (κ2) is 22.0. The highest BCUT2D eigenvalue weighted by Crippen LogP contribution is 2.44. The molecule has 4 amide bonds. The minimum atomic E-state index is -1.29. The van der Waals surface area contributed by atoms with E-state index < -0.39 is 53.6 Å². The van der Waals surface area contributed by atoms with Gasteiger partial charge in [-0.3, -0.25) is 24.8 Å². The fourth-order valence-electron chi connectivity index (χ4n) is 7.56. The number of rotatable bonds is 18. The number of fused-ring (bicyclic) bond motifs is 3. The third-order valence-corrected chi connectivity index (χ3v) is 10.4. The minimum absolute atomic E-state index is 0.00415. The van der Waals surface area contributed by atoms with Crippen molar-refractivity contribution in [1.29, 1.82) is 0 Å². The van der Waals surface area contributed by atoms with E-state index in [0.717, 1.165) is 40.7 Å². The zero-order chi connectivity index (χ0) is 43.9. The molecule has 2 aliphatic rings. The van der Waals surface area contributed by atoms with Crippen LogP contribution in [0.5, 0.6) is 0 Å². The smallest absolute Gasteiger partial charge is 0.407 e. The van der Waals surface area contributed by atoms with E-state index in [4.69, 9.17) is 20.4 Å². The second-order valence-corrected chi connectivity index (χ2v) is 17.2. The zero-order valence-electron chi connectivity index (χ0n) is 37.0. The number of alkyl carbamates (subject to hydrolysis) is 1. The van der Waals surface area contributed by atoms with Crippen LogP contribution in [0.4, 0.5) is 4.79 Å². The number of nitrogens with one attached hydrogen (secondary N) is 3. The molecule has 1 aliphatic heterocycles. The third kappa shape index (κ3) is 13.5. The molecule has 0 aromatic heterocycles. The molecule has 1 saturated heterocycles. The highest BCUT2D eigenvalue weighted by Gasteiger charge is 2.38. The molecule has 324 valence electrons. The number of amides is 4. The Balaban J connectivity index is 1.36. The van der Waals surface area contributed by atoms with Gasteiger partial charge in [0.05, 0.1) is 24.0 Å². The molecule has 12 nitrogen and oxygen atoms in total. The van der Waals surface area contributed by atoms with Crippen molar-refractivity contribution in [2.45, 2.75) is 104 Å². The number of allylic oxidation sites excluding steroid dienone is 1. The zero-order valence-corrected chi connectivity index (χ0v) is 36.0. The summed E-state index contributed by atoms with van der Waals surface area (Å²) in [7, 11) is 0. The van der Waals surface area contributed by atoms with E-state index in [1.165, 1.54) is 5.01 Å². The summed E-state index contributed by atoms with van der Waals surface area (Å²) < 4.78 is 25.5. The number of hydroxylamine groups is 1. The summed E-state index contributed by atoms with van der Waals surface area (Å²) in [5.41, 5.74) is 9.70. The quantitative estimate of drug-likeness (QED) is 0.109. The Morgan fingerprint density at radius 2 is 1.55 bits per heavy atom. The molecule has 0 radical (unpaired) electrons. The van der Waals surface area contributed by atoms with E-state index in [9.17, 15) is 19.2 Å². The van der Waals surface area contributed by atoms with Gasteiger partial charge in [0.2, 0.25) is 11.8 Å². The summed E-state index contributed by atoms with van der Waals surface area (Å²) >= 11 is 0. The Labute approximate surface area is 357 Å². The van der Waals surface area contributed by atoms with E-state index in [1.54, 1.807) is 13.8 Å². The maximum absolute atomic E-state index is 14.6. The molecular weight excluding hydrogens is 761 g/mol. The first-order chi connectivity index (χ1) is 29.3. The number of hydrazine groups is 1. The largest absolute Gasteiger partial charge is 0.449 e. The van der Waals surface area contributed by atoms with Crippen LogP contribution in [0.25, 0.3) is 17.2 Å². The average molecular weight is 826 g/mol. The van der Waals surface area contributed by atoms with Crippen molar-refractivity contribution in [3.63, 3.8) is 0 Å². The average Bonchev–Trinajstić information content (AvgIpc) is 3.57. The first-order valence-corrected chi connectivity index (χ1v) is 21.2. The van der Waals surface area contributed by atoms with Crippen molar-refractivity contribution in [1.82, 2.24) is 21.2 Å². The molecule has 3 aromatic carbocycles. The highest BCUT2D eigenvalue weighted by atomic mass is 16.8. The fraction of sp³-hybridized carbons (Fsp3) is 0.500. The molecule has 5 rings (SSSR count). The van der Waals surface area contributed by atoms with Crippen LogP contribution in [0, 0.1) is 23.7 Å². The van der Waals surface area contributed by atoms with Gasteiger partial charge >= 0.3 is 6.09 Å². The maximum atomic E-state index is 14.6. The number of hydrogen-bond acceptors (Lipinski definition) is 8. The number of carbonyl (C=O) groups excluding carboxylic acids is 4. The lowest BCUT2D eigenvalue weighted by molar-refractivity contribution is -0.203. The molecule has 3 aromatic rings. The Morgan fingerprint density at radius 1 is 0.883 bits per heavy atom. The summed E-state index contributed by atoms with van der Waals surface area (Å²) in [6.45, 7) is 11.5. The molecule has 0 bridgehead atoms. The van der Waals surface area contributed by atoms with Gasteiger partial charge in [0.1, 0.15) is 12.6 Å². The second-order valence-electron chi connectivity index (χ2n) is 17.2. The lowest BCUT2D eigenvalue weighted by Crippen LogP contribution is -2.59. The molecule has 60 heavy (non-hydrogen) atoms. The maximum Gasteiger partial charge on any atom is 0.407 e. The fourth-order valence-corrected chi connectivity index (χ4v) is 7.56. The van der Waals surface area contributed by atoms with Crippen LogP contribution in [0.3, 0.4) is 0 Å². The van der Waals surface area contributed by atoms with Crippen molar-refractivity contribution in [2.24, 2.45) is 23.7 Å². The van der Waals surface area contributed by atoms with Crippen LogP contribution in [-0.4, -0.2) is 73.1 Å². The summed E-state index contributed by atoms with van der Waals surface area (Å²) in [6, 6.07) is 24.4. The van der Waals surface area contributed by atoms with Gasteiger partial charge in [-0.25, -0.2) is 15.1 Å². The molecule has 1 aliphatic carbocycles. The number of benzene rings is 3. The van der Waals surface area contributed by atoms with Crippen molar-refractivity contribution in [3.05, 3.63) is 102 Å². The van der Waals surface area contributed by atoms with Gasteiger partial charge in [-0.2, -0.15) is 0 Å². The summed E-state index contributed by atoms with van der Waals surface area (Å²) in [5.74, 6) is -3.71. The Hall–Kier alpha value is -5.04. The topological polar surface area (TPSA) is 145 Å². The van der Waals surface area contributed by atoms with Crippen LogP contribution in [-0.2, 0) is 33.4 Å².